The average Bonchev–Trinajstić information content (AvgIpc) is 2.48. The van der Waals surface area contributed by atoms with Gasteiger partial charge in [-0.3, -0.25) is 10.8 Å². The van der Waals surface area contributed by atoms with Crippen molar-refractivity contribution >= 4 is 0 Å². The van der Waals surface area contributed by atoms with Gasteiger partial charge in [0.05, 0.1) is 25.5 Å². The van der Waals surface area contributed by atoms with Crippen LogP contribution in [0.25, 0.3) is 0 Å². The average molecular weight is 288 g/mol. The van der Waals surface area contributed by atoms with Crippen LogP contribution in [0.5, 0.6) is 11.6 Å². The largest absolute Gasteiger partial charge is 0.489 e. The molecule has 2 heterocycles. The maximum absolute atomic E-state index is 5.71. The third kappa shape index (κ3) is 3.68. The molecule has 0 saturated carbocycles. The van der Waals surface area contributed by atoms with E-state index in [9.17, 15) is 0 Å². The van der Waals surface area contributed by atoms with Gasteiger partial charge in [-0.25, -0.2) is 10.4 Å². The molecule has 1 atom stereocenters. The van der Waals surface area contributed by atoms with Crippen molar-refractivity contribution < 1.29 is 9.47 Å². The zero-order valence-corrected chi connectivity index (χ0v) is 12.4. The minimum atomic E-state index is -0.281. The van der Waals surface area contributed by atoms with Crippen LogP contribution in [0.4, 0.5) is 0 Å². The number of pyridine rings is 2. The monoisotopic (exact) mass is 288 g/mol. The molecule has 0 saturated heterocycles. The molecular formula is C15H20N4O2. The Hall–Kier alpha value is -2.18. The van der Waals surface area contributed by atoms with Gasteiger partial charge < -0.3 is 9.47 Å². The highest BCUT2D eigenvalue weighted by atomic mass is 16.5. The number of hydrazine groups is 1. The number of methoxy groups -OCH3 is 1. The van der Waals surface area contributed by atoms with Crippen molar-refractivity contribution in [2.45, 2.75) is 26.0 Å². The SMILES string of the molecule is COc1ncccc1C(NN)c1cncc(OC(C)C)c1. The molecule has 2 rings (SSSR count). The molecule has 0 aliphatic carbocycles. The lowest BCUT2D eigenvalue weighted by atomic mass is 10.0. The van der Waals surface area contributed by atoms with E-state index in [0.29, 0.717) is 11.6 Å². The fourth-order valence-electron chi connectivity index (χ4n) is 2.09. The van der Waals surface area contributed by atoms with Crippen LogP contribution in [-0.4, -0.2) is 23.2 Å². The quantitative estimate of drug-likeness (QED) is 0.623. The van der Waals surface area contributed by atoms with Gasteiger partial charge in [-0.15, -0.1) is 0 Å². The van der Waals surface area contributed by atoms with Crippen molar-refractivity contribution in [3.8, 4) is 11.6 Å². The Morgan fingerprint density at radius 1 is 1.29 bits per heavy atom. The van der Waals surface area contributed by atoms with Crippen molar-refractivity contribution in [2.24, 2.45) is 5.84 Å². The van der Waals surface area contributed by atoms with Gasteiger partial charge in [0, 0.05) is 18.0 Å². The summed E-state index contributed by atoms with van der Waals surface area (Å²) in [5.74, 6) is 6.93. The number of rotatable bonds is 6. The van der Waals surface area contributed by atoms with Crippen LogP contribution in [0, 0.1) is 0 Å². The van der Waals surface area contributed by atoms with Gasteiger partial charge in [0.25, 0.3) is 0 Å². The Morgan fingerprint density at radius 3 is 2.76 bits per heavy atom. The molecule has 3 N–H and O–H groups in total. The van der Waals surface area contributed by atoms with Gasteiger partial charge in [-0.2, -0.15) is 0 Å². The third-order valence-electron chi connectivity index (χ3n) is 2.91. The second-order valence-corrected chi connectivity index (χ2v) is 4.82. The van der Waals surface area contributed by atoms with E-state index in [0.717, 1.165) is 11.1 Å². The van der Waals surface area contributed by atoms with E-state index >= 15 is 0 Å². The third-order valence-corrected chi connectivity index (χ3v) is 2.91. The number of ether oxygens (including phenoxy) is 2. The van der Waals surface area contributed by atoms with Crippen LogP contribution in [0.3, 0.4) is 0 Å². The van der Waals surface area contributed by atoms with E-state index in [4.69, 9.17) is 15.3 Å². The second-order valence-electron chi connectivity index (χ2n) is 4.82. The maximum Gasteiger partial charge on any atom is 0.218 e. The van der Waals surface area contributed by atoms with Gasteiger partial charge in [0.15, 0.2) is 0 Å². The van der Waals surface area contributed by atoms with E-state index in [-0.39, 0.29) is 12.1 Å². The van der Waals surface area contributed by atoms with E-state index in [1.165, 1.54) is 0 Å². The molecule has 0 bridgehead atoms. The second kappa shape index (κ2) is 7.01. The van der Waals surface area contributed by atoms with Gasteiger partial charge in [-0.1, -0.05) is 6.07 Å². The van der Waals surface area contributed by atoms with Crippen LogP contribution in [0.2, 0.25) is 0 Å². The topological polar surface area (TPSA) is 82.3 Å². The number of nitrogens with one attached hydrogen (secondary N) is 1. The number of nitrogens with two attached hydrogens (primary N) is 1. The molecule has 2 aromatic heterocycles. The summed E-state index contributed by atoms with van der Waals surface area (Å²) >= 11 is 0. The molecule has 0 fully saturated rings. The predicted molar refractivity (Wildman–Crippen MR) is 80.0 cm³/mol. The highest BCUT2D eigenvalue weighted by Gasteiger charge is 2.18. The Balaban J connectivity index is 2.37. The van der Waals surface area contributed by atoms with E-state index < -0.39 is 0 Å². The predicted octanol–water partition coefficient (Wildman–Crippen LogP) is 1.83. The fourth-order valence-corrected chi connectivity index (χ4v) is 2.09. The zero-order valence-electron chi connectivity index (χ0n) is 12.4. The summed E-state index contributed by atoms with van der Waals surface area (Å²) in [4.78, 5) is 8.40. The van der Waals surface area contributed by atoms with Gasteiger partial charge in [0.1, 0.15) is 5.75 Å². The summed E-state index contributed by atoms with van der Waals surface area (Å²) in [7, 11) is 1.58. The van der Waals surface area contributed by atoms with Gasteiger partial charge >= 0.3 is 0 Å². The lowest BCUT2D eigenvalue weighted by molar-refractivity contribution is 0.241. The molecule has 0 aliphatic heterocycles. The molecule has 0 aromatic carbocycles. The summed E-state index contributed by atoms with van der Waals surface area (Å²) in [6.07, 6.45) is 5.17. The Labute approximate surface area is 124 Å². The molecule has 0 amide bonds. The van der Waals surface area contributed by atoms with Crippen molar-refractivity contribution in [1.29, 1.82) is 0 Å². The summed E-state index contributed by atoms with van der Waals surface area (Å²) < 4.78 is 11.0. The number of nitrogens with zero attached hydrogens (tertiary/aromatic N) is 2. The first kappa shape index (κ1) is 15.2. The van der Waals surface area contributed by atoms with Gasteiger partial charge in [0.2, 0.25) is 5.88 Å². The molecule has 0 aliphatic rings. The van der Waals surface area contributed by atoms with E-state index in [2.05, 4.69) is 15.4 Å². The molecule has 0 radical (unpaired) electrons. The highest BCUT2D eigenvalue weighted by molar-refractivity contribution is 5.38. The first-order valence-corrected chi connectivity index (χ1v) is 6.72. The summed E-state index contributed by atoms with van der Waals surface area (Å²) in [5.41, 5.74) is 4.49. The molecule has 21 heavy (non-hydrogen) atoms. The molecular weight excluding hydrogens is 268 g/mol. The Morgan fingerprint density at radius 2 is 2.10 bits per heavy atom. The molecule has 6 nitrogen and oxygen atoms in total. The summed E-state index contributed by atoms with van der Waals surface area (Å²) in [6.45, 7) is 3.94. The Kier molecular flexibility index (Phi) is 5.08. The first-order chi connectivity index (χ1) is 10.2. The Bertz CT molecular complexity index is 589. The molecule has 2 aromatic rings. The smallest absolute Gasteiger partial charge is 0.218 e. The zero-order chi connectivity index (χ0) is 15.2. The number of aromatic nitrogens is 2. The molecule has 0 spiro atoms. The minimum absolute atomic E-state index is 0.0827. The first-order valence-electron chi connectivity index (χ1n) is 6.72. The lowest BCUT2D eigenvalue weighted by Gasteiger charge is -2.19. The molecule has 6 heteroatoms. The summed E-state index contributed by atoms with van der Waals surface area (Å²) in [5, 5.41) is 0. The minimum Gasteiger partial charge on any atom is -0.489 e. The van der Waals surface area contributed by atoms with Crippen molar-refractivity contribution in [3.63, 3.8) is 0 Å². The van der Waals surface area contributed by atoms with Crippen LogP contribution < -0.4 is 20.7 Å². The lowest BCUT2D eigenvalue weighted by Crippen LogP contribution is -2.29. The van der Waals surface area contributed by atoms with Crippen molar-refractivity contribution in [3.05, 3.63) is 47.9 Å². The van der Waals surface area contributed by atoms with Crippen LogP contribution in [-0.2, 0) is 0 Å². The normalized spacial score (nSPS) is 12.2. The van der Waals surface area contributed by atoms with Crippen molar-refractivity contribution in [1.82, 2.24) is 15.4 Å². The molecule has 112 valence electrons. The van der Waals surface area contributed by atoms with Crippen LogP contribution in [0.1, 0.15) is 31.0 Å². The number of hydrogen-bond donors (Lipinski definition) is 2. The fraction of sp³-hybridized carbons (Fsp3) is 0.333. The van der Waals surface area contributed by atoms with Crippen LogP contribution in [0.15, 0.2) is 36.8 Å². The van der Waals surface area contributed by atoms with E-state index in [1.54, 1.807) is 25.7 Å². The standard InChI is InChI=1S/C15H20N4O2/c1-10(2)21-12-7-11(8-17-9-12)14(19-16)13-5-4-6-18-15(13)20-3/h4-10,14,19H,16H2,1-3H3. The summed E-state index contributed by atoms with van der Waals surface area (Å²) in [6, 6.07) is 5.37. The number of hydrogen-bond acceptors (Lipinski definition) is 6. The van der Waals surface area contributed by atoms with Crippen molar-refractivity contribution in [2.75, 3.05) is 7.11 Å². The van der Waals surface area contributed by atoms with Gasteiger partial charge in [-0.05, 0) is 31.5 Å². The molecule has 1 unspecified atom stereocenters. The highest BCUT2D eigenvalue weighted by Crippen LogP contribution is 2.28. The van der Waals surface area contributed by atoms with Crippen LogP contribution >= 0.6 is 0 Å². The van der Waals surface area contributed by atoms with E-state index in [1.807, 2.05) is 32.0 Å². The maximum atomic E-state index is 5.71.